The molecule has 0 aliphatic carbocycles. The zero-order valence-electron chi connectivity index (χ0n) is 18.3. The number of anilines is 1. The zero-order valence-corrected chi connectivity index (χ0v) is 19.1. The third-order valence-corrected chi connectivity index (χ3v) is 7.71. The van der Waals surface area contributed by atoms with Crippen LogP contribution in [0.4, 0.5) is 5.82 Å². The van der Waals surface area contributed by atoms with Crippen molar-refractivity contribution in [3.63, 3.8) is 0 Å². The second-order valence-corrected chi connectivity index (χ2v) is 11.6. The standard InChI is InChI=1S/C22H32N4O3S/c1-5-7-17-13-18(8-6-2)26(30(3,4)16-17)22(28)14-19-23-20(15-21(27)24-19)25-9-11-29-12-10-25/h5-8,13,15,18H,9-12,14,16H2,1-4H3,(H,23,24,27)/b7-5-,8-6-. The number of hydrogen-bond donors (Lipinski definition) is 1. The number of carbonyl (C=O) groups is 1. The van der Waals surface area contributed by atoms with Crippen LogP contribution in [0.1, 0.15) is 19.7 Å². The summed E-state index contributed by atoms with van der Waals surface area (Å²) in [5, 5.41) is 0. The Balaban J connectivity index is 1.86. The highest BCUT2D eigenvalue weighted by Crippen LogP contribution is 2.51. The van der Waals surface area contributed by atoms with E-state index in [1.807, 2.05) is 35.2 Å². The van der Waals surface area contributed by atoms with Gasteiger partial charge in [0, 0.05) is 24.9 Å². The van der Waals surface area contributed by atoms with Gasteiger partial charge in [0.05, 0.1) is 25.7 Å². The van der Waals surface area contributed by atoms with Gasteiger partial charge in [-0.2, -0.15) is 10.2 Å². The van der Waals surface area contributed by atoms with Gasteiger partial charge in [-0.3, -0.25) is 13.9 Å². The number of nitrogens with one attached hydrogen (secondary N) is 1. The number of hydrogen-bond acceptors (Lipinski definition) is 5. The number of carbonyl (C=O) groups excluding carboxylic acids is 1. The van der Waals surface area contributed by atoms with E-state index in [0.29, 0.717) is 37.9 Å². The molecular formula is C22H32N4O3S. The molecule has 164 valence electrons. The molecule has 0 aromatic carbocycles. The van der Waals surface area contributed by atoms with E-state index in [4.69, 9.17) is 4.74 Å². The number of amides is 1. The topological polar surface area (TPSA) is 78.5 Å². The summed E-state index contributed by atoms with van der Waals surface area (Å²) in [7, 11) is -1.36. The minimum absolute atomic E-state index is 0.0174. The van der Waals surface area contributed by atoms with Crippen LogP contribution in [0.5, 0.6) is 0 Å². The Kier molecular flexibility index (Phi) is 7.20. The van der Waals surface area contributed by atoms with Crippen LogP contribution in [-0.4, -0.2) is 70.8 Å². The second-order valence-electron chi connectivity index (χ2n) is 7.93. The van der Waals surface area contributed by atoms with Crippen LogP contribution in [0, 0.1) is 0 Å². The van der Waals surface area contributed by atoms with Crippen molar-refractivity contribution < 1.29 is 9.53 Å². The molecule has 1 fully saturated rings. The maximum atomic E-state index is 13.4. The van der Waals surface area contributed by atoms with Gasteiger partial charge < -0.3 is 14.6 Å². The first-order valence-corrected chi connectivity index (χ1v) is 12.8. The van der Waals surface area contributed by atoms with Gasteiger partial charge in [0.25, 0.3) is 5.56 Å². The third-order valence-electron chi connectivity index (χ3n) is 5.16. The van der Waals surface area contributed by atoms with Gasteiger partial charge in [0.15, 0.2) is 0 Å². The van der Waals surface area contributed by atoms with Crippen molar-refractivity contribution in [3.05, 3.63) is 58.2 Å². The van der Waals surface area contributed by atoms with Crippen LogP contribution in [0.2, 0.25) is 0 Å². The molecule has 0 saturated carbocycles. The summed E-state index contributed by atoms with van der Waals surface area (Å²) in [5.74, 6) is 1.85. The molecule has 0 bridgehead atoms. The number of morpholine rings is 1. The first-order chi connectivity index (χ1) is 14.3. The smallest absolute Gasteiger partial charge is 0.252 e. The molecule has 1 amide bonds. The van der Waals surface area contributed by atoms with Gasteiger partial charge in [0.1, 0.15) is 11.6 Å². The number of aromatic nitrogens is 2. The van der Waals surface area contributed by atoms with Crippen molar-refractivity contribution >= 4 is 21.9 Å². The van der Waals surface area contributed by atoms with Crippen molar-refractivity contribution in [1.29, 1.82) is 0 Å². The zero-order chi connectivity index (χ0) is 21.7. The van der Waals surface area contributed by atoms with E-state index in [0.717, 1.165) is 5.75 Å². The second kappa shape index (κ2) is 9.66. The van der Waals surface area contributed by atoms with Gasteiger partial charge in [-0.1, -0.05) is 30.4 Å². The Bertz CT molecular complexity index is 913. The average Bonchev–Trinajstić information content (AvgIpc) is 2.67. The van der Waals surface area contributed by atoms with Crippen molar-refractivity contribution in [2.24, 2.45) is 0 Å². The molecule has 3 rings (SSSR count). The lowest BCUT2D eigenvalue weighted by Gasteiger charge is -2.49. The quantitative estimate of drug-likeness (QED) is 0.723. The van der Waals surface area contributed by atoms with Gasteiger partial charge >= 0.3 is 0 Å². The molecule has 3 heterocycles. The van der Waals surface area contributed by atoms with Crippen LogP contribution >= 0.6 is 10.2 Å². The van der Waals surface area contributed by atoms with Crippen LogP contribution < -0.4 is 10.5 Å². The van der Waals surface area contributed by atoms with Crippen LogP contribution in [-0.2, 0) is 16.0 Å². The molecule has 1 N–H and O–H groups in total. The van der Waals surface area contributed by atoms with E-state index in [-0.39, 0.29) is 23.9 Å². The summed E-state index contributed by atoms with van der Waals surface area (Å²) in [6, 6.07) is 1.39. The normalized spacial score (nSPS) is 23.1. The fourth-order valence-electron chi connectivity index (χ4n) is 3.99. The minimum atomic E-state index is -1.36. The highest BCUT2D eigenvalue weighted by atomic mass is 32.3. The van der Waals surface area contributed by atoms with Crippen LogP contribution in [0.3, 0.4) is 0 Å². The molecule has 7 nitrogen and oxygen atoms in total. The molecule has 0 radical (unpaired) electrons. The summed E-state index contributed by atoms with van der Waals surface area (Å²) in [5.41, 5.74) is 1.02. The van der Waals surface area contributed by atoms with E-state index in [1.54, 1.807) is 0 Å². The maximum Gasteiger partial charge on any atom is 0.252 e. The van der Waals surface area contributed by atoms with Gasteiger partial charge in [0.2, 0.25) is 5.91 Å². The minimum Gasteiger partial charge on any atom is -0.378 e. The average molecular weight is 433 g/mol. The summed E-state index contributed by atoms with van der Waals surface area (Å²) in [6.07, 6.45) is 14.7. The van der Waals surface area contributed by atoms with Crippen molar-refractivity contribution in [1.82, 2.24) is 14.3 Å². The number of aromatic amines is 1. The molecule has 1 aromatic heterocycles. The molecule has 1 aromatic rings. The summed E-state index contributed by atoms with van der Waals surface area (Å²) < 4.78 is 7.37. The number of H-pyrrole nitrogens is 1. The van der Waals surface area contributed by atoms with E-state index >= 15 is 0 Å². The molecule has 30 heavy (non-hydrogen) atoms. The Morgan fingerprint density at radius 3 is 2.70 bits per heavy atom. The summed E-state index contributed by atoms with van der Waals surface area (Å²) >= 11 is 0. The number of ether oxygens (including phenoxy) is 1. The third kappa shape index (κ3) is 5.23. The molecule has 1 atom stereocenters. The monoisotopic (exact) mass is 432 g/mol. The highest BCUT2D eigenvalue weighted by Gasteiger charge is 2.35. The van der Waals surface area contributed by atoms with E-state index in [1.165, 1.54) is 11.6 Å². The Morgan fingerprint density at radius 2 is 2.03 bits per heavy atom. The lowest BCUT2D eigenvalue weighted by Crippen LogP contribution is -2.44. The van der Waals surface area contributed by atoms with E-state index in [9.17, 15) is 9.59 Å². The molecule has 1 saturated heterocycles. The number of rotatable bonds is 5. The molecule has 8 heteroatoms. The van der Waals surface area contributed by atoms with Gasteiger partial charge in [-0.05, 0) is 31.9 Å². The Morgan fingerprint density at radius 1 is 1.30 bits per heavy atom. The van der Waals surface area contributed by atoms with Gasteiger partial charge in [-0.25, -0.2) is 4.98 Å². The predicted molar refractivity (Wildman–Crippen MR) is 124 cm³/mol. The molecule has 1 unspecified atom stereocenters. The largest absolute Gasteiger partial charge is 0.378 e. The maximum absolute atomic E-state index is 13.4. The predicted octanol–water partition coefficient (Wildman–Crippen LogP) is 2.42. The molecule has 2 aliphatic rings. The lowest BCUT2D eigenvalue weighted by molar-refractivity contribution is -0.126. The van der Waals surface area contributed by atoms with E-state index in [2.05, 4.69) is 40.7 Å². The Labute approximate surface area is 180 Å². The number of allylic oxidation sites excluding steroid dienone is 3. The SMILES string of the molecule is C/C=C\C1=CC(/C=C\C)N(C(=O)Cc2nc(N3CCOCC3)cc(=O)[nH]2)S(C)(C)C1. The van der Waals surface area contributed by atoms with Crippen molar-refractivity contribution in [2.45, 2.75) is 26.3 Å². The first kappa shape index (κ1) is 22.4. The Hall–Kier alpha value is -2.32. The summed E-state index contributed by atoms with van der Waals surface area (Å²) in [6.45, 7) is 6.58. The van der Waals surface area contributed by atoms with Crippen molar-refractivity contribution in [3.8, 4) is 0 Å². The molecule has 0 spiro atoms. The summed E-state index contributed by atoms with van der Waals surface area (Å²) in [4.78, 5) is 35.0. The molecular weight excluding hydrogens is 400 g/mol. The first-order valence-electron chi connectivity index (χ1n) is 10.3. The van der Waals surface area contributed by atoms with Crippen molar-refractivity contribution in [2.75, 3.05) is 49.5 Å². The molecule has 2 aliphatic heterocycles. The lowest BCUT2D eigenvalue weighted by atomic mass is 10.1. The fraction of sp³-hybridized carbons (Fsp3) is 0.500. The van der Waals surface area contributed by atoms with Gasteiger partial charge in [-0.15, -0.1) is 0 Å². The highest BCUT2D eigenvalue weighted by molar-refractivity contribution is 8.31. The van der Waals surface area contributed by atoms with Crippen LogP contribution in [0.15, 0.2) is 46.8 Å². The van der Waals surface area contributed by atoms with E-state index < -0.39 is 10.2 Å². The fourth-order valence-corrected chi connectivity index (χ4v) is 6.54. The number of nitrogens with zero attached hydrogens (tertiary/aromatic N) is 3. The van der Waals surface area contributed by atoms with Crippen LogP contribution in [0.25, 0.3) is 0 Å².